The van der Waals surface area contributed by atoms with Crippen LogP contribution in [0.2, 0.25) is 0 Å². The average Bonchev–Trinajstić information content (AvgIpc) is 2.44. The van der Waals surface area contributed by atoms with E-state index in [4.69, 9.17) is 4.74 Å². The molecule has 19 heavy (non-hydrogen) atoms. The van der Waals surface area contributed by atoms with Crippen molar-refractivity contribution in [2.24, 2.45) is 0 Å². The molecule has 1 aromatic carbocycles. The van der Waals surface area contributed by atoms with Gasteiger partial charge in [-0.2, -0.15) is 0 Å². The number of rotatable bonds is 5. The summed E-state index contributed by atoms with van der Waals surface area (Å²) in [6, 6.07) is 4.39. The normalized spacial score (nSPS) is 21.3. The summed E-state index contributed by atoms with van der Waals surface area (Å²) in [5.74, 6) is -1.52. The molecule has 1 aliphatic rings. The standard InChI is InChI=1S/C15H21F2NO/c1-2-18-13(14-8-3-4-9-19-14)10-11-6-5-7-12(16)15(11)17/h5-7,13-14,18H,2-4,8-10H2,1H3. The topological polar surface area (TPSA) is 21.3 Å². The number of halogens is 2. The van der Waals surface area contributed by atoms with E-state index in [2.05, 4.69) is 5.32 Å². The number of likely N-dealkylation sites (N-methyl/N-ethyl adjacent to an activating group) is 1. The Morgan fingerprint density at radius 3 is 2.89 bits per heavy atom. The molecule has 1 aromatic rings. The summed E-state index contributed by atoms with van der Waals surface area (Å²) in [5.41, 5.74) is 0.417. The second-order valence-corrected chi connectivity index (χ2v) is 4.99. The van der Waals surface area contributed by atoms with Crippen LogP contribution in [0.5, 0.6) is 0 Å². The van der Waals surface area contributed by atoms with Gasteiger partial charge in [-0.1, -0.05) is 19.1 Å². The van der Waals surface area contributed by atoms with Crippen LogP contribution in [0.3, 0.4) is 0 Å². The number of hydrogen-bond donors (Lipinski definition) is 1. The van der Waals surface area contributed by atoms with Gasteiger partial charge in [-0.05, 0) is 43.9 Å². The Bertz CT molecular complexity index is 405. The summed E-state index contributed by atoms with van der Waals surface area (Å²) < 4.78 is 32.7. The van der Waals surface area contributed by atoms with E-state index < -0.39 is 11.6 Å². The molecule has 0 radical (unpaired) electrons. The van der Waals surface area contributed by atoms with Crippen molar-refractivity contribution in [3.05, 3.63) is 35.4 Å². The predicted molar refractivity (Wildman–Crippen MR) is 71.1 cm³/mol. The molecule has 1 N–H and O–H groups in total. The fourth-order valence-corrected chi connectivity index (χ4v) is 2.62. The Labute approximate surface area is 113 Å². The lowest BCUT2D eigenvalue weighted by molar-refractivity contribution is -0.00725. The molecule has 0 amide bonds. The van der Waals surface area contributed by atoms with Crippen molar-refractivity contribution in [3.8, 4) is 0 Å². The first kappa shape index (κ1) is 14.4. The van der Waals surface area contributed by atoms with Crippen molar-refractivity contribution in [1.82, 2.24) is 5.32 Å². The van der Waals surface area contributed by atoms with Crippen LogP contribution in [0.25, 0.3) is 0 Å². The predicted octanol–water partition coefficient (Wildman–Crippen LogP) is 3.05. The van der Waals surface area contributed by atoms with Gasteiger partial charge in [0.1, 0.15) is 0 Å². The second-order valence-electron chi connectivity index (χ2n) is 4.99. The lowest BCUT2D eigenvalue weighted by Gasteiger charge is -2.31. The molecule has 0 aromatic heterocycles. The molecule has 0 aliphatic carbocycles. The van der Waals surface area contributed by atoms with E-state index in [0.29, 0.717) is 12.0 Å². The Morgan fingerprint density at radius 2 is 2.21 bits per heavy atom. The summed E-state index contributed by atoms with van der Waals surface area (Å²) in [6.45, 7) is 3.57. The minimum atomic E-state index is -0.780. The molecule has 2 rings (SSSR count). The Kier molecular flexibility index (Phi) is 5.28. The Morgan fingerprint density at radius 1 is 1.37 bits per heavy atom. The van der Waals surface area contributed by atoms with E-state index in [0.717, 1.165) is 38.5 Å². The molecule has 1 aliphatic heterocycles. The van der Waals surface area contributed by atoms with Crippen LogP contribution in [-0.2, 0) is 11.2 Å². The van der Waals surface area contributed by atoms with Crippen molar-refractivity contribution in [2.75, 3.05) is 13.2 Å². The van der Waals surface area contributed by atoms with Crippen LogP contribution in [0.4, 0.5) is 8.78 Å². The third-order valence-electron chi connectivity index (χ3n) is 3.60. The quantitative estimate of drug-likeness (QED) is 0.887. The van der Waals surface area contributed by atoms with Gasteiger partial charge in [-0.15, -0.1) is 0 Å². The highest BCUT2D eigenvalue weighted by Gasteiger charge is 2.25. The van der Waals surface area contributed by atoms with Crippen molar-refractivity contribution in [2.45, 2.75) is 44.8 Å². The highest BCUT2D eigenvalue weighted by Crippen LogP contribution is 2.20. The van der Waals surface area contributed by atoms with Crippen LogP contribution < -0.4 is 5.32 Å². The monoisotopic (exact) mass is 269 g/mol. The van der Waals surface area contributed by atoms with Gasteiger partial charge in [-0.25, -0.2) is 8.78 Å². The lowest BCUT2D eigenvalue weighted by atomic mass is 9.95. The van der Waals surface area contributed by atoms with E-state index in [1.54, 1.807) is 12.1 Å². The summed E-state index contributed by atoms with van der Waals surface area (Å²) >= 11 is 0. The molecule has 2 atom stereocenters. The van der Waals surface area contributed by atoms with Crippen LogP contribution in [0, 0.1) is 11.6 Å². The summed E-state index contributed by atoms with van der Waals surface area (Å²) in [5, 5.41) is 3.33. The van der Waals surface area contributed by atoms with Gasteiger partial charge < -0.3 is 10.1 Å². The minimum Gasteiger partial charge on any atom is -0.377 e. The molecule has 1 saturated heterocycles. The van der Waals surface area contributed by atoms with Crippen LogP contribution in [-0.4, -0.2) is 25.3 Å². The van der Waals surface area contributed by atoms with Gasteiger partial charge >= 0.3 is 0 Å². The van der Waals surface area contributed by atoms with E-state index in [9.17, 15) is 8.78 Å². The maximum atomic E-state index is 13.7. The first-order chi connectivity index (χ1) is 9.22. The van der Waals surface area contributed by atoms with Crippen molar-refractivity contribution >= 4 is 0 Å². The summed E-state index contributed by atoms with van der Waals surface area (Å²) in [6.07, 6.45) is 3.76. The van der Waals surface area contributed by atoms with Gasteiger partial charge in [0.15, 0.2) is 11.6 Å². The number of nitrogens with one attached hydrogen (secondary N) is 1. The first-order valence-electron chi connectivity index (χ1n) is 7.00. The molecule has 0 bridgehead atoms. The van der Waals surface area contributed by atoms with Gasteiger partial charge in [0.25, 0.3) is 0 Å². The molecule has 2 unspecified atom stereocenters. The van der Waals surface area contributed by atoms with Crippen molar-refractivity contribution in [3.63, 3.8) is 0 Å². The van der Waals surface area contributed by atoms with E-state index >= 15 is 0 Å². The SMILES string of the molecule is CCNC(Cc1cccc(F)c1F)C1CCCCO1. The zero-order valence-corrected chi connectivity index (χ0v) is 11.3. The molecule has 2 nitrogen and oxygen atoms in total. The molecular formula is C15H21F2NO. The highest BCUT2D eigenvalue weighted by atomic mass is 19.2. The first-order valence-corrected chi connectivity index (χ1v) is 7.00. The highest BCUT2D eigenvalue weighted by molar-refractivity contribution is 5.20. The van der Waals surface area contributed by atoms with Crippen molar-refractivity contribution in [1.29, 1.82) is 0 Å². The second kappa shape index (κ2) is 6.96. The van der Waals surface area contributed by atoms with Crippen LogP contribution >= 0.6 is 0 Å². The number of hydrogen-bond acceptors (Lipinski definition) is 2. The Balaban J connectivity index is 2.08. The molecule has 0 saturated carbocycles. The maximum Gasteiger partial charge on any atom is 0.162 e. The molecule has 4 heteroatoms. The molecule has 1 fully saturated rings. The van der Waals surface area contributed by atoms with Gasteiger partial charge in [-0.3, -0.25) is 0 Å². The zero-order valence-electron chi connectivity index (χ0n) is 11.3. The van der Waals surface area contributed by atoms with Gasteiger partial charge in [0.2, 0.25) is 0 Å². The van der Waals surface area contributed by atoms with Gasteiger partial charge in [0.05, 0.1) is 6.10 Å². The molecule has 0 spiro atoms. The summed E-state index contributed by atoms with van der Waals surface area (Å²) in [7, 11) is 0. The molecule has 106 valence electrons. The fourth-order valence-electron chi connectivity index (χ4n) is 2.62. The third-order valence-corrected chi connectivity index (χ3v) is 3.60. The number of ether oxygens (including phenoxy) is 1. The lowest BCUT2D eigenvalue weighted by Crippen LogP contribution is -2.44. The van der Waals surface area contributed by atoms with Crippen LogP contribution in [0.15, 0.2) is 18.2 Å². The average molecular weight is 269 g/mol. The molecule has 1 heterocycles. The van der Waals surface area contributed by atoms with E-state index in [1.165, 1.54) is 0 Å². The Hall–Kier alpha value is -1.00. The third kappa shape index (κ3) is 3.74. The smallest absolute Gasteiger partial charge is 0.162 e. The van der Waals surface area contributed by atoms with Crippen LogP contribution in [0.1, 0.15) is 31.7 Å². The largest absolute Gasteiger partial charge is 0.377 e. The zero-order chi connectivity index (χ0) is 13.7. The van der Waals surface area contributed by atoms with E-state index in [-0.39, 0.29) is 12.1 Å². The molecular weight excluding hydrogens is 248 g/mol. The van der Waals surface area contributed by atoms with Crippen molar-refractivity contribution < 1.29 is 13.5 Å². The van der Waals surface area contributed by atoms with E-state index in [1.807, 2.05) is 6.92 Å². The summed E-state index contributed by atoms with van der Waals surface area (Å²) in [4.78, 5) is 0. The number of benzene rings is 1. The van der Waals surface area contributed by atoms with Gasteiger partial charge in [0, 0.05) is 12.6 Å². The maximum absolute atomic E-state index is 13.7. The fraction of sp³-hybridized carbons (Fsp3) is 0.600. The minimum absolute atomic E-state index is 0.0431.